The van der Waals surface area contributed by atoms with Crippen molar-refractivity contribution in [2.45, 2.75) is 11.8 Å². The Hall–Kier alpha value is 0.0900. The summed E-state index contributed by atoms with van der Waals surface area (Å²) in [6.45, 7) is 1.58. The fourth-order valence-corrected chi connectivity index (χ4v) is 1.96. The first-order valence-corrected chi connectivity index (χ1v) is 5.54. The molecule has 1 atom stereocenters. The molecule has 1 unspecified atom stereocenters. The fraction of sp³-hybridized carbons (Fsp3) is 0.222. The van der Waals surface area contributed by atoms with E-state index in [0.29, 0.717) is 5.56 Å². The molecule has 0 aromatic heterocycles. The SMILES string of the molecule is CNC(=O)c1cc(Cl)c(C)c(S(=O)[O-])c1.[Na+]. The molecule has 0 aliphatic heterocycles. The number of hydrogen-bond donors (Lipinski definition) is 1. The van der Waals surface area contributed by atoms with E-state index in [1.807, 2.05) is 0 Å². The van der Waals surface area contributed by atoms with Gasteiger partial charge in [0.15, 0.2) is 0 Å². The van der Waals surface area contributed by atoms with Gasteiger partial charge in [0.2, 0.25) is 0 Å². The van der Waals surface area contributed by atoms with E-state index in [4.69, 9.17) is 11.6 Å². The van der Waals surface area contributed by atoms with Crippen LogP contribution in [0.1, 0.15) is 15.9 Å². The third-order valence-corrected chi connectivity index (χ3v) is 3.14. The molecule has 16 heavy (non-hydrogen) atoms. The van der Waals surface area contributed by atoms with Crippen LogP contribution < -0.4 is 34.9 Å². The van der Waals surface area contributed by atoms with E-state index in [-0.39, 0.29) is 50.9 Å². The predicted octanol–water partition coefficient (Wildman–Crippen LogP) is -1.75. The average molecular weight is 270 g/mol. The number of carbonyl (C=O) groups excluding carboxylic acids is 1. The number of halogens is 1. The van der Waals surface area contributed by atoms with Gasteiger partial charge in [-0.3, -0.25) is 9.00 Å². The van der Waals surface area contributed by atoms with Crippen molar-refractivity contribution in [3.05, 3.63) is 28.3 Å². The Labute approximate surface area is 123 Å². The summed E-state index contributed by atoms with van der Waals surface area (Å²) < 4.78 is 21.7. The molecule has 4 nitrogen and oxygen atoms in total. The molecule has 0 radical (unpaired) electrons. The van der Waals surface area contributed by atoms with Gasteiger partial charge < -0.3 is 9.87 Å². The summed E-state index contributed by atoms with van der Waals surface area (Å²) in [5.74, 6) is -0.372. The molecule has 0 saturated heterocycles. The van der Waals surface area contributed by atoms with E-state index >= 15 is 0 Å². The molecule has 0 saturated carbocycles. The maximum Gasteiger partial charge on any atom is 1.00 e. The van der Waals surface area contributed by atoms with Gasteiger partial charge in [-0.25, -0.2) is 0 Å². The molecule has 0 spiro atoms. The molecule has 1 rings (SSSR count). The van der Waals surface area contributed by atoms with Crippen molar-refractivity contribution >= 4 is 28.6 Å². The van der Waals surface area contributed by atoms with Crippen molar-refractivity contribution in [1.82, 2.24) is 5.32 Å². The molecule has 82 valence electrons. The maximum atomic E-state index is 11.3. The molecule has 0 aliphatic rings. The quantitative estimate of drug-likeness (QED) is 0.511. The Bertz CT molecular complexity index is 439. The van der Waals surface area contributed by atoms with Gasteiger partial charge in [0, 0.05) is 22.5 Å². The second kappa shape index (κ2) is 6.74. The fourth-order valence-electron chi connectivity index (χ4n) is 1.10. The van der Waals surface area contributed by atoms with Crippen LogP contribution in [0.25, 0.3) is 0 Å². The summed E-state index contributed by atoms with van der Waals surface area (Å²) in [5, 5.41) is 2.66. The van der Waals surface area contributed by atoms with Crippen molar-refractivity contribution in [1.29, 1.82) is 0 Å². The Morgan fingerprint density at radius 2 is 2.06 bits per heavy atom. The molecule has 1 aromatic rings. The van der Waals surface area contributed by atoms with Crippen LogP contribution in [0.3, 0.4) is 0 Å². The van der Waals surface area contributed by atoms with Crippen molar-refractivity contribution < 1.29 is 43.1 Å². The number of rotatable bonds is 2. The molecular formula is C9H9ClNNaO3S. The first-order chi connectivity index (χ1) is 6.97. The predicted molar refractivity (Wildman–Crippen MR) is 56.8 cm³/mol. The number of amides is 1. The Balaban J connectivity index is 0.00000225. The summed E-state index contributed by atoms with van der Waals surface area (Å²) >= 11 is 3.42. The minimum Gasteiger partial charge on any atom is -0.768 e. The van der Waals surface area contributed by atoms with Crippen LogP contribution in [0.4, 0.5) is 0 Å². The van der Waals surface area contributed by atoms with Crippen LogP contribution >= 0.6 is 11.6 Å². The van der Waals surface area contributed by atoms with Gasteiger partial charge in [0.25, 0.3) is 5.91 Å². The largest absolute Gasteiger partial charge is 1.00 e. The van der Waals surface area contributed by atoms with Crippen LogP contribution in [0.5, 0.6) is 0 Å². The van der Waals surface area contributed by atoms with E-state index in [1.54, 1.807) is 6.92 Å². The average Bonchev–Trinajstić information content (AvgIpc) is 2.20. The smallest absolute Gasteiger partial charge is 0.768 e. The molecule has 0 heterocycles. The molecule has 0 bridgehead atoms. The number of nitrogens with one attached hydrogen (secondary N) is 1. The van der Waals surface area contributed by atoms with Crippen molar-refractivity contribution in [2.75, 3.05) is 7.05 Å². The van der Waals surface area contributed by atoms with Gasteiger partial charge in [0.05, 0.1) is 0 Å². The van der Waals surface area contributed by atoms with Crippen LogP contribution in [-0.2, 0) is 11.1 Å². The molecule has 1 aromatic carbocycles. The van der Waals surface area contributed by atoms with Gasteiger partial charge in [0.1, 0.15) is 0 Å². The number of carbonyl (C=O) groups is 1. The molecule has 1 amide bonds. The summed E-state index contributed by atoms with van der Waals surface area (Å²) in [6.07, 6.45) is 0. The molecule has 0 fully saturated rings. The first-order valence-electron chi connectivity index (χ1n) is 4.09. The van der Waals surface area contributed by atoms with E-state index < -0.39 is 11.1 Å². The second-order valence-corrected chi connectivity index (χ2v) is 4.21. The van der Waals surface area contributed by atoms with Crippen LogP contribution in [-0.4, -0.2) is 21.7 Å². The molecule has 7 heteroatoms. The number of benzene rings is 1. The Kier molecular flexibility index (Phi) is 6.77. The third kappa shape index (κ3) is 3.55. The zero-order valence-corrected chi connectivity index (χ0v) is 12.7. The standard InChI is InChI=1S/C9H10ClNO3S.Na/c1-5-7(10)3-6(9(12)11-2)4-8(5)15(13)14;/h3-4H,1-2H3,(H,11,12)(H,13,14);/q;+1/p-1. The van der Waals surface area contributed by atoms with E-state index in [2.05, 4.69) is 5.32 Å². The van der Waals surface area contributed by atoms with Gasteiger partial charge in [-0.2, -0.15) is 0 Å². The summed E-state index contributed by atoms with van der Waals surface area (Å²) in [7, 11) is 1.46. The van der Waals surface area contributed by atoms with Gasteiger partial charge in [-0.1, -0.05) is 11.6 Å². The van der Waals surface area contributed by atoms with E-state index in [0.717, 1.165) is 0 Å². The minimum atomic E-state index is -2.39. The van der Waals surface area contributed by atoms with Crippen molar-refractivity contribution in [3.8, 4) is 0 Å². The maximum absolute atomic E-state index is 11.3. The summed E-state index contributed by atoms with van der Waals surface area (Å²) in [4.78, 5) is 11.3. The van der Waals surface area contributed by atoms with Crippen molar-refractivity contribution in [2.24, 2.45) is 0 Å². The minimum absolute atomic E-state index is 0. The Morgan fingerprint density at radius 3 is 2.50 bits per heavy atom. The first kappa shape index (κ1) is 16.1. The van der Waals surface area contributed by atoms with Gasteiger partial charge in [-0.05, 0) is 35.7 Å². The van der Waals surface area contributed by atoms with E-state index in [9.17, 15) is 13.6 Å². The zero-order chi connectivity index (χ0) is 11.6. The van der Waals surface area contributed by atoms with Crippen LogP contribution in [0, 0.1) is 6.92 Å². The molecule has 0 aliphatic carbocycles. The normalized spacial score (nSPS) is 11.5. The summed E-state index contributed by atoms with van der Waals surface area (Å²) in [6, 6.07) is 2.73. The second-order valence-electron chi connectivity index (χ2n) is 2.90. The van der Waals surface area contributed by atoms with Gasteiger partial charge >= 0.3 is 29.6 Å². The third-order valence-electron chi connectivity index (χ3n) is 1.97. The zero-order valence-electron chi connectivity index (χ0n) is 9.17. The topological polar surface area (TPSA) is 69.2 Å². The van der Waals surface area contributed by atoms with Crippen molar-refractivity contribution in [3.63, 3.8) is 0 Å². The Morgan fingerprint density at radius 1 is 1.50 bits per heavy atom. The van der Waals surface area contributed by atoms with Crippen LogP contribution in [0.2, 0.25) is 5.02 Å². The molecular weight excluding hydrogens is 261 g/mol. The molecule has 1 N–H and O–H groups in total. The monoisotopic (exact) mass is 269 g/mol. The van der Waals surface area contributed by atoms with E-state index in [1.165, 1.54) is 19.2 Å². The van der Waals surface area contributed by atoms with Crippen LogP contribution in [0.15, 0.2) is 17.0 Å². The van der Waals surface area contributed by atoms with Gasteiger partial charge in [-0.15, -0.1) is 0 Å². The number of hydrogen-bond acceptors (Lipinski definition) is 3. The summed E-state index contributed by atoms with van der Waals surface area (Å²) in [5.41, 5.74) is 0.671.